The summed E-state index contributed by atoms with van der Waals surface area (Å²) in [5.41, 5.74) is 1.44. The van der Waals surface area contributed by atoms with Gasteiger partial charge in [-0.2, -0.15) is 0 Å². The first-order chi connectivity index (χ1) is 7.56. The summed E-state index contributed by atoms with van der Waals surface area (Å²) in [4.78, 5) is 16.9. The van der Waals surface area contributed by atoms with Crippen molar-refractivity contribution < 1.29 is 4.79 Å². The summed E-state index contributed by atoms with van der Waals surface area (Å²) in [5.74, 6) is 0.0896. The zero-order chi connectivity index (χ0) is 12.0. The molecule has 0 aliphatic heterocycles. The van der Waals surface area contributed by atoms with Crippen LogP contribution in [-0.2, 0) is 11.3 Å². The van der Waals surface area contributed by atoms with Gasteiger partial charge in [-0.3, -0.25) is 9.78 Å². The predicted molar refractivity (Wildman–Crippen MR) is 66.3 cm³/mol. The van der Waals surface area contributed by atoms with Crippen LogP contribution in [0.5, 0.6) is 0 Å². The summed E-state index contributed by atoms with van der Waals surface area (Å²) in [6, 6.07) is 0. The molecule has 90 valence electrons. The van der Waals surface area contributed by atoms with E-state index in [1.54, 1.807) is 11.3 Å². The fraction of sp³-hybridized carbons (Fsp3) is 0.636. The van der Waals surface area contributed by atoms with Gasteiger partial charge < -0.3 is 10.6 Å². The molecule has 5 heteroatoms. The van der Waals surface area contributed by atoms with Crippen molar-refractivity contribution in [2.75, 3.05) is 13.1 Å². The molecular weight excluding hydrogens is 222 g/mol. The molecular formula is C11H19N3OS. The highest BCUT2D eigenvalue weighted by molar-refractivity contribution is 7.09. The van der Waals surface area contributed by atoms with Crippen LogP contribution < -0.4 is 10.6 Å². The van der Waals surface area contributed by atoms with Gasteiger partial charge in [0, 0.05) is 30.7 Å². The van der Waals surface area contributed by atoms with E-state index in [0.717, 1.165) is 6.54 Å². The van der Waals surface area contributed by atoms with Crippen LogP contribution >= 0.6 is 11.3 Å². The van der Waals surface area contributed by atoms with E-state index in [2.05, 4.69) is 15.6 Å². The molecule has 0 saturated carbocycles. The number of carbonyl (C=O) groups is 1. The van der Waals surface area contributed by atoms with E-state index in [1.807, 2.05) is 32.5 Å². The second kappa shape index (κ2) is 5.96. The lowest BCUT2D eigenvalue weighted by molar-refractivity contribution is -0.129. The second-order valence-electron chi connectivity index (χ2n) is 4.31. The highest BCUT2D eigenvalue weighted by Crippen LogP contribution is 2.14. The number of nitrogens with zero attached hydrogens (tertiary/aromatic N) is 1. The van der Waals surface area contributed by atoms with Gasteiger partial charge in [-0.15, -0.1) is 11.3 Å². The number of amides is 1. The standard InChI is InChI=1S/C11H19N3OS/c1-4-14-10(15)11(2,3)7-12-5-9-6-13-8-16-9/h6,8,12H,4-5,7H2,1-3H3,(H,14,15). The molecule has 1 amide bonds. The molecule has 16 heavy (non-hydrogen) atoms. The maximum atomic E-state index is 11.7. The van der Waals surface area contributed by atoms with Gasteiger partial charge in [0.15, 0.2) is 0 Å². The summed E-state index contributed by atoms with van der Waals surface area (Å²) in [7, 11) is 0. The SMILES string of the molecule is CCNC(=O)C(C)(C)CNCc1cncs1. The van der Waals surface area contributed by atoms with Gasteiger partial charge >= 0.3 is 0 Å². The minimum atomic E-state index is -0.374. The van der Waals surface area contributed by atoms with Crippen molar-refractivity contribution in [2.45, 2.75) is 27.3 Å². The van der Waals surface area contributed by atoms with Crippen molar-refractivity contribution in [3.63, 3.8) is 0 Å². The fourth-order valence-electron chi connectivity index (χ4n) is 1.31. The van der Waals surface area contributed by atoms with E-state index in [-0.39, 0.29) is 11.3 Å². The molecule has 2 N–H and O–H groups in total. The summed E-state index contributed by atoms with van der Waals surface area (Å²) in [6.07, 6.45) is 1.84. The average Bonchev–Trinajstić information content (AvgIpc) is 2.70. The van der Waals surface area contributed by atoms with Crippen LogP contribution in [0.2, 0.25) is 0 Å². The van der Waals surface area contributed by atoms with Crippen LogP contribution in [0.3, 0.4) is 0 Å². The Morgan fingerprint density at radius 3 is 2.88 bits per heavy atom. The van der Waals surface area contributed by atoms with Gasteiger partial charge in [0.1, 0.15) is 0 Å². The third-order valence-corrected chi connectivity index (χ3v) is 3.08. The Hall–Kier alpha value is -0.940. The van der Waals surface area contributed by atoms with Crippen molar-refractivity contribution in [3.05, 3.63) is 16.6 Å². The zero-order valence-electron chi connectivity index (χ0n) is 10.0. The number of hydrogen-bond acceptors (Lipinski definition) is 4. The third-order valence-electron chi connectivity index (χ3n) is 2.30. The van der Waals surface area contributed by atoms with E-state index in [4.69, 9.17) is 0 Å². The molecule has 0 spiro atoms. The number of rotatable bonds is 6. The molecule has 1 rings (SSSR count). The molecule has 0 bridgehead atoms. The van der Waals surface area contributed by atoms with Crippen LogP contribution in [0.15, 0.2) is 11.7 Å². The van der Waals surface area contributed by atoms with Gasteiger partial charge in [-0.1, -0.05) is 0 Å². The van der Waals surface area contributed by atoms with Gasteiger partial charge in [-0.05, 0) is 20.8 Å². The molecule has 1 aromatic heterocycles. The molecule has 0 aliphatic carbocycles. The van der Waals surface area contributed by atoms with Gasteiger partial charge in [0.2, 0.25) is 5.91 Å². The number of aromatic nitrogens is 1. The van der Waals surface area contributed by atoms with Crippen molar-refractivity contribution >= 4 is 17.2 Å². The monoisotopic (exact) mass is 241 g/mol. The van der Waals surface area contributed by atoms with Crippen LogP contribution in [0, 0.1) is 5.41 Å². The third kappa shape index (κ3) is 3.90. The van der Waals surface area contributed by atoms with Crippen molar-refractivity contribution in [2.24, 2.45) is 5.41 Å². The summed E-state index contributed by atoms with van der Waals surface area (Å²) < 4.78 is 0. The lowest BCUT2D eigenvalue weighted by atomic mass is 9.92. The van der Waals surface area contributed by atoms with Crippen molar-refractivity contribution in [1.82, 2.24) is 15.6 Å². The lowest BCUT2D eigenvalue weighted by Crippen LogP contribution is -2.43. The first-order valence-electron chi connectivity index (χ1n) is 5.42. The number of carbonyl (C=O) groups excluding carboxylic acids is 1. The molecule has 1 aromatic rings. The van der Waals surface area contributed by atoms with E-state index < -0.39 is 0 Å². The van der Waals surface area contributed by atoms with Crippen LogP contribution in [-0.4, -0.2) is 24.0 Å². The molecule has 0 atom stereocenters. The fourth-order valence-corrected chi connectivity index (χ4v) is 1.87. The highest BCUT2D eigenvalue weighted by atomic mass is 32.1. The first kappa shape index (κ1) is 13.1. The van der Waals surface area contributed by atoms with Crippen molar-refractivity contribution in [3.8, 4) is 0 Å². The Bertz CT molecular complexity index is 322. The summed E-state index contributed by atoms with van der Waals surface area (Å²) in [5, 5.41) is 6.12. The largest absolute Gasteiger partial charge is 0.356 e. The van der Waals surface area contributed by atoms with Crippen molar-refractivity contribution in [1.29, 1.82) is 0 Å². The average molecular weight is 241 g/mol. The smallest absolute Gasteiger partial charge is 0.226 e. The molecule has 0 aliphatic rings. The Balaban J connectivity index is 2.33. The molecule has 0 saturated heterocycles. The quantitative estimate of drug-likeness (QED) is 0.791. The van der Waals surface area contributed by atoms with E-state index in [1.165, 1.54) is 4.88 Å². The Morgan fingerprint density at radius 1 is 1.56 bits per heavy atom. The normalized spacial score (nSPS) is 11.4. The summed E-state index contributed by atoms with van der Waals surface area (Å²) >= 11 is 1.62. The van der Waals surface area contributed by atoms with Crippen LogP contribution in [0.1, 0.15) is 25.6 Å². The zero-order valence-corrected chi connectivity index (χ0v) is 10.9. The lowest BCUT2D eigenvalue weighted by Gasteiger charge is -2.23. The van der Waals surface area contributed by atoms with Gasteiger partial charge in [0.25, 0.3) is 0 Å². The molecule has 0 unspecified atom stereocenters. The van der Waals surface area contributed by atoms with E-state index >= 15 is 0 Å². The Morgan fingerprint density at radius 2 is 2.31 bits per heavy atom. The van der Waals surface area contributed by atoms with Crippen LogP contribution in [0.25, 0.3) is 0 Å². The maximum Gasteiger partial charge on any atom is 0.226 e. The predicted octanol–water partition coefficient (Wildman–Crippen LogP) is 1.39. The van der Waals surface area contributed by atoms with Crippen LogP contribution in [0.4, 0.5) is 0 Å². The molecule has 0 radical (unpaired) electrons. The Labute approximate surface area is 100 Å². The van der Waals surface area contributed by atoms with Gasteiger partial charge in [0.05, 0.1) is 10.9 Å². The maximum absolute atomic E-state index is 11.7. The summed E-state index contributed by atoms with van der Waals surface area (Å²) in [6.45, 7) is 7.93. The highest BCUT2D eigenvalue weighted by Gasteiger charge is 2.26. The minimum Gasteiger partial charge on any atom is -0.356 e. The molecule has 0 aromatic carbocycles. The van der Waals surface area contributed by atoms with E-state index in [9.17, 15) is 4.79 Å². The minimum absolute atomic E-state index is 0.0896. The number of hydrogen-bond donors (Lipinski definition) is 2. The molecule has 1 heterocycles. The second-order valence-corrected chi connectivity index (χ2v) is 5.29. The van der Waals surface area contributed by atoms with Gasteiger partial charge in [-0.25, -0.2) is 0 Å². The first-order valence-corrected chi connectivity index (χ1v) is 6.30. The number of thiazole rings is 1. The van der Waals surface area contributed by atoms with E-state index in [0.29, 0.717) is 13.1 Å². The Kier molecular flexibility index (Phi) is 4.89. The molecule has 4 nitrogen and oxygen atoms in total. The topological polar surface area (TPSA) is 54.0 Å². The molecule has 0 fully saturated rings. The number of nitrogens with one attached hydrogen (secondary N) is 2.